The number of hydrogen-bond acceptors (Lipinski definition) is 4. The van der Waals surface area contributed by atoms with E-state index in [0.717, 1.165) is 0 Å². The minimum atomic E-state index is -4.32. The van der Waals surface area contributed by atoms with Gasteiger partial charge in [0.05, 0.1) is 12.1 Å². The predicted molar refractivity (Wildman–Crippen MR) is 87.2 cm³/mol. The molecule has 0 saturated carbocycles. The van der Waals surface area contributed by atoms with E-state index in [1.807, 2.05) is 0 Å². The number of ketones is 1. The van der Waals surface area contributed by atoms with E-state index in [-0.39, 0.29) is 16.8 Å². The van der Waals surface area contributed by atoms with Crippen LogP contribution in [-0.4, -0.2) is 17.6 Å². The number of carbonyl (C=O) groups is 2. The third kappa shape index (κ3) is 2.11. The molecule has 0 aromatic heterocycles. The summed E-state index contributed by atoms with van der Waals surface area (Å²) in [6.07, 6.45) is 0. The number of alkyl halides is 2. The van der Waals surface area contributed by atoms with Gasteiger partial charge in [-0.1, -0.05) is 48.5 Å². The highest BCUT2D eigenvalue weighted by atomic mass is 19.3. The van der Waals surface area contributed by atoms with Crippen LogP contribution in [-0.2, 0) is 10.2 Å². The third-order valence-electron chi connectivity index (χ3n) is 4.47. The van der Waals surface area contributed by atoms with Crippen molar-refractivity contribution in [2.24, 2.45) is 5.92 Å². The number of amides is 1. The van der Waals surface area contributed by atoms with Crippen LogP contribution < -0.4 is 5.32 Å². The lowest BCUT2D eigenvalue weighted by Crippen LogP contribution is -2.58. The minimum absolute atomic E-state index is 0.0496. The van der Waals surface area contributed by atoms with Crippen LogP contribution in [0.3, 0.4) is 0 Å². The highest BCUT2D eigenvalue weighted by molar-refractivity contribution is 6.14. The Bertz CT molecular complexity index is 962. The average molecular weight is 351 g/mol. The predicted octanol–water partition coefficient (Wildman–Crippen LogP) is 3.06. The van der Waals surface area contributed by atoms with Crippen molar-refractivity contribution >= 4 is 17.4 Å². The first-order chi connectivity index (χ1) is 12.4. The van der Waals surface area contributed by atoms with Crippen LogP contribution in [0.5, 0.6) is 0 Å². The summed E-state index contributed by atoms with van der Waals surface area (Å²) in [6, 6.07) is 15.2. The van der Waals surface area contributed by atoms with Crippen molar-refractivity contribution in [1.82, 2.24) is 0 Å². The lowest BCUT2D eigenvalue weighted by Gasteiger charge is -2.35. The first-order valence-electron chi connectivity index (χ1n) is 7.59. The van der Waals surface area contributed by atoms with Gasteiger partial charge >= 0.3 is 5.92 Å². The Hall–Kier alpha value is -3.58. The van der Waals surface area contributed by atoms with Crippen molar-refractivity contribution in [1.29, 1.82) is 10.5 Å². The zero-order valence-electron chi connectivity index (χ0n) is 13.2. The summed E-state index contributed by atoms with van der Waals surface area (Å²) in [4.78, 5) is 25.3. The SMILES string of the molecule is N#CC(C#N)[C@]1(C(F)(F)C(=O)c2ccccc2)C(=O)Nc2ccccc21. The summed E-state index contributed by atoms with van der Waals surface area (Å²) < 4.78 is 31.0. The van der Waals surface area contributed by atoms with Crippen molar-refractivity contribution < 1.29 is 18.4 Å². The van der Waals surface area contributed by atoms with Gasteiger partial charge < -0.3 is 5.32 Å². The molecule has 5 nitrogen and oxygen atoms in total. The Morgan fingerprint density at radius 2 is 1.62 bits per heavy atom. The molecule has 0 unspecified atom stereocenters. The van der Waals surface area contributed by atoms with Crippen LogP contribution in [0.4, 0.5) is 14.5 Å². The molecule has 128 valence electrons. The number of carbonyl (C=O) groups excluding carboxylic acids is 2. The fraction of sp³-hybridized carbons (Fsp3) is 0.158. The van der Waals surface area contributed by atoms with Gasteiger partial charge in [-0.25, -0.2) is 0 Å². The van der Waals surface area contributed by atoms with Gasteiger partial charge in [0.25, 0.3) is 0 Å². The second-order valence-corrected chi connectivity index (χ2v) is 5.77. The van der Waals surface area contributed by atoms with Crippen LogP contribution in [0.1, 0.15) is 15.9 Å². The zero-order chi connectivity index (χ0) is 18.9. The average Bonchev–Trinajstić information content (AvgIpc) is 2.96. The Morgan fingerprint density at radius 1 is 1.04 bits per heavy atom. The number of fused-ring (bicyclic) bond motifs is 1. The second-order valence-electron chi connectivity index (χ2n) is 5.77. The van der Waals surface area contributed by atoms with Gasteiger partial charge in [0.2, 0.25) is 11.7 Å². The molecule has 0 aliphatic carbocycles. The maximum atomic E-state index is 15.5. The molecule has 1 atom stereocenters. The first-order valence-corrected chi connectivity index (χ1v) is 7.59. The molecule has 0 spiro atoms. The molecule has 0 saturated heterocycles. The maximum Gasteiger partial charge on any atom is 0.330 e. The first kappa shape index (κ1) is 17.2. The summed E-state index contributed by atoms with van der Waals surface area (Å²) in [5.41, 5.74) is -3.44. The number of para-hydroxylation sites is 1. The van der Waals surface area contributed by atoms with E-state index in [1.165, 1.54) is 60.7 Å². The van der Waals surface area contributed by atoms with Crippen LogP contribution in [0.25, 0.3) is 0 Å². The van der Waals surface area contributed by atoms with Gasteiger partial charge in [-0.15, -0.1) is 0 Å². The lowest BCUT2D eigenvalue weighted by molar-refractivity contribution is -0.134. The lowest BCUT2D eigenvalue weighted by atomic mass is 9.65. The number of anilines is 1. The van der Waals surface area contributed by atoms with E-state index >= 15 is 8.78 Å². The fourth-order valence-electron chi connectivity index (χ4n) is 3.23. The van der Waals surface area contributed by atoms with E-state index < -0.39 is 28.9 Å². The number of halogens is 2. The highest BCUT2D eigenvalue weighted by Gasteiger charge is 2.71. The van der Waals surface area contributed by atoms with E-state index in [2.05, 4.69) is 5.32 Å². The Morgan fingerprint density at radius 3 is 2.23 bits per heavy atom. The van der Waals surface area contributed by atoms with Crippen LogP contribution in [0, 0.1) is 28.6 Å². The van der Waals surface area contributed by atoms with Crippen molar-refractivity contribution in [3.05, 3.63) is 65.7 Å². The smallest absolute Gasteiger partial charge is 0.325 e. The van der Waals surface area contributed by atoms with Crippen molar-refractivity contribution in [2.45, 2.75) is 11.3 Å². The molecule has 0 bridgehead atoms. The minimum Gasteiger partial charge on any atom is -0.325 e. The number of Topliss-reactive ketones (excluding diaryl/α,β-unsaturated/α-hetero) is 1. The van der Waals surface area contributed by atoms with E-state index in [0.29, 0.717) is 0 Å². The molecule has 1 amide bonds. The molecule has 0 fully saturated rings. The summed E-state index contributed by atoms with van der Waals surface area (Å²) in [5.74, 6) is -9.25. The van der Waals surface area contributed by atoms with Crippen LogP contribution in [0.2, 0.25) is 0 Å². The molecule has 3 rings (SSSR count). The monoisotopic (exact) mass is 351 g/mol. The summed E-state index contributed by atoms with van der Waals surface area (Å²) in [6.45, 7) is 0. The fourth-order valence-corrected chi connectivity index (χ4v) is 3.23. The van der Waals surface area contributed by atoms with Crippen LogP contribution in [0.15, 0.2) is 54.6 Å². The molecule has 1 aliphatic rings. The molecule has 1 heterocycles. The van der Waals surface area contributed by atoms with Gasteiger partial charge in [-0.3, -0.25) is 9.59 Å². The Labute approximate surface area is 147 Å². The number of rotatable bonds is 4. The molecule has 0 radical (unpaired) electrons. The number of benzene rings is 2. The van der Waals surface area contributed by atoms with E-state index in [4.69, 9.17) is 0 Å². The van der Waals surface area contributed by atoms with Crippen LogP contribution >= 0.6 is 0 Å². The molecule has 1 N–H and O–H groups in total. The zero-order valence-corrected chi connectivity index (χ0v) is 13.2. The van der Waals surface area contributed by atoms with Gasteiger partial charge in [-0.05, 0) is 6.07 Å². The highest BCUT2D eigenvalue weighted by Crippen LogP contribution is 2.53. The Balaban J connectivity index is 2.30. The van der Waals surface area contributed by atoms with Gasteiger partial charge in [-0.2, -0.15) is 19.3 Å². The molecule has 1 aliphatic heterocycles. The number of hydrogen-bond donors (Lipinski definition) is 1. The summed E-state index contributed by atoms with van der Waals surface area (Å²) >= 11 is 0. The largest absolute Gasteiger partial charge is 0.330 e. The van der Waals surface area contributed by atoms with Crippen molar-refractivity contribution in [3.63, 3.8) is 0 Å². The second kappa shape index (κ2) is 6.05. The standard InChI is InChI=1S/C19H11F2N3O2/c20-19(21,16(25)12-6-2-1-3-7-12)18(13(10-22)11-23)14-8-4-5-9-15(14)24-17(18)26/h1-9,13H,(H,24,26)/t18-/m1/s1. The number of nitrogens with zero attached hydrogens (tertiary/aromatic N) is 2. The molecular weight excluding hydrogens is 340 g/mol. The molecule has 2 aromatic carbocycles. The molecule has 26 heavy (non-hydrogen) atoms. The quantitative estimate of drug-likeness (QED) is 0.857. The summed E-state index contributed by atoms with van der Waals surface area (Å²) in [5, 5.41) is 20.9. The van der Waals surface area contributed by atoms with E-state index in [9.17, 15) is 20.1 Å². The van der Waals surface area contributed by atoms with Gasteiger partial charge in [0.1, 0.15) is 0 Å². The number of nitrogens with one attached hydrogen (secondary N) is 1. The molecule has 2 aromatic rings. The van der Waals surface area contributed by atoms with E-state index in [1.54, 1.807) is 6.07 Å². The maximum absolute atomic E-state index is 15.5. The third-order valence-corrected chi connectivity index (χ3v) is 4.47. The topological polar surface area (TPSA) is 93.8 Å². The molecule has 7 heteroatoms. The Kier molecular flexibility index (Phi) is 4.01. The van der Waals surface area contributed by atoms with Gasteiger partial charge in [0.15, 0.2) is 11.3 Å². The number of nitriles is 2. The van der Waals surface area contributed by atoms with Gasteiger partial charge in [0, 0.05) is 16.8 Å². The van der Waals surface area contributed by atoms with Crippen molar-refractivity contribution in [2.75, 3.05) is 5.32 Å². The summed E-state index contributed by atoms with van der Waals surface area (Å²) in [7, 11) is 0. The van der Waals surface area contributed by atoms with Crippen molar-refractivity contribution in [3.8, 4) is 12.1 Å². The molecular formula is C19H11F2N3O2. The normalized spacial score (nSPS) is 18.6.